The minimum atomic E-state index is -2.87. The van der Waals surface area contributed by atoms with E-state index in [0.29, 0.717) is 5.56 Å². The highest BCUT2D eigenvalue weighted by Gasteiger charge is 2.69. The summed E-state index contributed by atoms with van der Waals surface area (Å²) in [5.74, 6) is -10.1. The van der Waals surface area contributed by atoms with Crippen molar-refractivity contribution in [2.24, 2.45) is 23.5 Å². The first-order chi connectivity index (χ1) is 15.3. The highest BCUT2D eigenvalue weighted by atomic mass is 16.4. The highest BCUT2D eigenvalue weighted by Crippen LogP contribution is 2.55. The molecule has 0 spiro atoms. The second-order valence-corrected chi connectivity index (χ2v) is 9.35. The molecule has 0 heterocycles. The molecule has 0 aromatic heterocycles. The van der Waals surface area contributed by atoms with Gasteiger partial charge in [-0.2, -0.15) is 0 Å². The van der Waals surface area contributed by atoms with E-state index < -0.39 is 82.1 Å². The van der Waals surface area contributed by atoms with Crippen LogP contribution in [0.1, 0.15) is 28.8 Å². The summed E-state index contributed by atoms with van der Waals surface area (Å²) in [5, 5.41) is 55.5. The van der Waals surface area contributed by atoms with E-state index in [0.717, 1.165) is 0 Å². The van der Waals surface area contributed by atoms with Crippen molar-refractivity contribution in [3.63, 3.8) is 0 Å². The summed E-state index contributed by atoms with van der Waals surface area (Å²) in [6, 6.07) is 1.76. The topological polar surface area (TPSA) is 208 Å². The number of phenolic OH excluding ortho intramolecular Hbond substituents is 1. The maximum Gasteiger partial charge on any atom is 0.230 e. The molecule has 3 aliphatic rings. The number of hydrogen-bond acceptors (Lipinski definition) is 10. The van der Waals surface area contributed by atoms with Gasteiger partial charge in [-0.25, -0.2) is 0 Å². The number of carbonyl (C=O) groups is 3. The fourth-order valence-electron chi connectivity index (χ4n) is 5.99. The Morgan fingerprint density at radius 1 is 1.12 bits per heavy atom. The van der Waals surface area contributed by atoms with E-state index in [1.54, 1.807) is 6.92 Å². The van der Waals surface area contributed by atoms with Gasteiger partial charge in [0.2, 0.25) is 5.91 Å². The Morgan fingerprint density at radius 2 is 1.73 bits per heavy atom. The quantitative estimate of drug-likeness (QED) is 0.152. The van der Waals surface area contributed by atoms with Crippen molar-refractivity contribution in [3.05, 3.63) is 34.6 Å². The van der Waals surface area contributed by atoms with Gasteiger partial charge in [0.15, 0.2) is 17.2 Å². The number of nitrogens with zero attached hydrogens (tertiary/aromatic N) is 1. The van der Waals surface area contributed by atoms with Crippen molar-refractivity contribution < 1.29 is 39.9 Å². The average Bonchev–Trinajstić information content (AvgIpc) is 2.72. The molecule has 11 heteroatoms. The zero-order valence-electron chi connectivity index (χ0n) is 18.3. The number of aliphatic hydroxyl groups is 4. The van der Waals surface area contributed by atoms with Crippen LogP contribution in [0.15, 0.2) is 23.5 Å². The number of nitrogen functional groups attached to an aromatic ring is 1. The third-order valence-corrected chi connectivity index (χ3v) is 7.53. The van der Waals surface area contributed by atoms with Crippen LogP contribution in [0.3, 0.4) is 0 Å². The van der Waals surface area contributed by atoms with Gasteiger partial charge in [-0.15, -0.1) is 0 Å². The molecular formula is C22H27N3O8. The molecule has 178 valence electrons. The number of likely N-dealkylation sites (N-methyl/N-ethyl adjacent to an activating group) is 1. The molecule has 0 bridgehead atoms. The summed E-state index contributed by atoms with van der Waals surface area (Å²) in [5.41, 5.74) is 7.83. The maximum absolute atomic E-state index is 13.4. The molecule has 0 aliphatic heterocycles. The lowest BCUT2D eigenvalue weighted by atomic mass is 9.53. The molecule has 33 heavy (non-hydrogen) atoms. The van der Waals surface area contributed by atoms with Crippen LogP contribution in [0.2, 0.25) is 0 Å². The minimum absolute atomic E-state index is 0.0842. The third-order valence-electron chi connectivity index (χ3n) is 7.53. The number of primary amides is 1. The van der Waals surface area contributed by atoms with E-state index >= 15 is 0 Å². The van der Waals surface area contributed by atoms with Crippen molar-refractivity contribution in [3.8, 4) is 5.75 Å². The number of fused-ring (bicyclic) bond motifs is 3. The number of ketones is 2. The van der Waals surface area contributed by atoms with Gasteiger partial charge in [-0.1, -0.05) is 13.0 Å². The van der Waals surface area contributed by atoms with E-state index in [9.17, 15) is 39.9 Å². The lowest BCUT2D eigenvalue weighted by Gasteiger charge is -2.56. The molecule has 4 rings (SSSR count). The zero-order chi connectivity index (χ0) is 24.7. The van der Waals surface area contributed by atoms with E-state index in [1.807, 2.05) is 0 Å². The van der Waals surface area contributed by atoms with Gasteiger partial charge in [0.1, 0.15) is 17.4 Å². The Labute approximate surface area is 188 Å². The molecule has 3 aliphatic carbocycles. The number of carbonyl (C=O) groups excluding carboxylic acids is 3. The van der Waals surface area contributed by atoms with Gasteiger partial charge in [0.25, 0.3) is 0 Å². The molecule has 1 saturated carbocycles. The van der Waals surface area contributed by atoms with Crippen LogP contribution in [0.4, 0.5) is 5.69 Å². The molecule has 1 fully saturated rings. The van der Waals surface area contributed by atoms with Crippen LogP contribution in [-0.4, -0.2) is 85.9 Å². The summed E-state index contributed by atoms with van der Waals surface area (Å²) in [4.78, 5) is 40.1. The predicted octanol–water partition coefficient (Wildman–Crippen LogP) is -1.60. The molecule has 0 saturated heterocycles. The molecule has 1 amide bonds. The predicted molar refractivity (Wildman–Crippen MR) is 114 cm³/mol. The van der Waals surface area contributed by atoms with Crippen LogP contribution in [0, 0.1) is 17.8 Å². The number of nitrogens with two attached hydrogens (primary N) is 2. The van der Waals surface area contributed by atoms with E-state index in [2.05, 4.69) is 0 Å². The first-order valence-electron chi connectivity index (χ1n) is 10.5. The fourth-order valence-corrected chi connectivity index (χ4v) is 5.99. The standard InChI is InChI=1S/C22H27N3O8/c1-6-7-4-5-8(23)15(26)10(7)16(27)11-9(6)17(28)13-14(25(2)3)18(29)12(21(24)32)20(31)22(13,33)19(11)30/h4-6,9,12-14,17-18,26,28-30,33H,23H2,1-3H3,(H2,24,32)/t6-,9+,12?,13+,14-,17-,18?,22-/m0/s1. The molecule has 0 radical (unpaired) electrons. The Bertz CT molecular complexity index is 1120. The fraction of sp³-hybridized carbons (Fsp3) is 0.500. The lowest BCUT2D eigenvalue weighted by molar-refractivity contribution is -0.194. The normalized spacial score (nSPS) is 38.1. The second kappa shape index (κ2) is 7.26. The van der Waals surface area contributed by atoms with Gasteiger partial charge in [-0.3, -0.25) is 14.4 Å². The van der Waals surface area contributed by atoms with Crippen molar-refractivity contribution in [2.75, 3.05) is 19.8 Å². The SMILES string of the molecule is C[C@H]1c2ccc(N)c(O)c2C(=O)C2=C(O)[C@]3(O)C(=O)C(C(N)=O)C(O)[C@@H](N(C)C)[C@@H]3[C@@H](O)[C@@H]21. The average molecular weight is 461 g/mol. The van der Waals surface area contributed by atoms with Gasteiger partial charge in [0.05, 0.1) is 23.5 Å². The number of aliphatic hydroxyl groups excluding tert-OH is 3. The third kappa shape index (κ3) is 2.73. The maximum atomic E-state index is 13.4. The molecular weight excluding hydrogens is 434 g/mol. The Kier molecular flexibility index (Phi) is 5.10. The number of Topliss-reactive ketones (excluding diaryl/α,β-unsaturated/α-hetero) is 2. The number of hydrogen-bond donors (Lipinski definition) is 7. The molecule has 1 aromatic rings. The van der Waals surface area contributed by atoms with Gasteiger partial charge < -0.3 is 41.9 Å². The molecule has 2 unspecified atom stereocenters. The molecule has 1 aromatic carbocycles. The van der Waals surface area contributed by atoms with Crippen LogP contribution in [0.5, 0.6) is 5.75 Å². The summed E-state index contributed by atoms with van der Waals surface area (Å²) in [6.07, 6.45) is -3.27. The number of benzene rings is 1. The largest absolute Gasteiger partial charge is 0.508 e. The lowest BCUT2D eigenvalue weighted by Crippen LogP contribution is -2.74. The van der Waals surface area contributed by atoms with Gasteiger partial charge in [-0.05, 0) is 31.6 Å². The molecule has 8 atom stereocenters. The van der Waals surface area contributed by atoms with E-state index in [1.165, 1.54) is 31.1 Å². The first-order valence-corrected chi connectivity index (χ1v) is 10.5. The number of phenols is 1. The van der Waals surface area contributed by atoms with Gasteiger partial charge in [0, 0.05) is 23.5 Å². The number of amides is 1. The van der Waals surface area contributed by atoms with Crippen LogP contribution >= 0.6 is 0 Å². The number of anilines is 1. The molecule has 11 nitrogen and oxygen atoms in total. The smallest absolute Gasteiger partial charge is 0.230 e. The van der Waals surface area contributed by atoms with E-state index in [4.69, 9.17) is 11.5 Å². The first kappa shape index (κ1) is 23.2. The second-order valence-electron chi connectivity index (χ2n) is 9.35. The van der Waals surface area contributed by atoms with Gasteiger partial charge >= 0.3 is 0 Å². The zero-order valence-corrected chi connectivity index (χ0v) is 18.3. The molecule has 9 N–H and O–H groups in total. The summed E-state index contributed by atoms with van der Waals surface area (Å²) in [7, 11) is 3.02. The van der Waals surface area contributed by atoms with Crippen molar-refractivity contribution in [2.45, 2.75) is 36.7 Å². The van der Waals surface area contributed by atoms with Crippen molar-refractivity contribution >= 4 is 23.2 Å². The summed E-state index contributed by atoms with van der Waals surface area (Å²) >= 11 is 0. The number of aromatic hydroxyl groups is 1. The highest BCUT2D eigenvalue weighted by molar-refractivity contribution is 6.16. The monoisotopic (exact) mass is 461 g/mol. The van der Waals surface area contributed by atoms with Crippen molar-refractivity contribution in [1.82, 2.24) is 4.90 Å². The van der Waals surface area contributed by atoms with Crippen molar-refractivity contribution in [1.29, 1.82) is 0 Å². The summed E-state index contributed by atoms with van der Waals surface area (Å²) < 4.78 is 0. The van der Waals surface area contributed by atoms with Crippen LogP contribution in [-0.2, 0) is 9.59 Å². The number of rotatable bonds is 2. The summed E-state index contributed by atoms with van der Waals surface area (Å²) in [6.45, 7) is 1.66. The van der Waals surface area contributed by atoms with E-state index in [-0.39, 0.29) is 11.3 Å². The Hall–Kier alpha value is -2.99. The minimum Gasteiger partial charge on any atom is -0.508 e. The Morgan fingerprint density at radius 3 is 2.27 bits per heavy atom. The van der Waals surface area contributed by atoms with Crippen LogP contribution in [0.25, 0.3) is 0 Å². The van der Waals surface area contributed by atoms with Crippen LogP contribution < -0.4 is 11.5 Å². The Balaban J connectivity index is 2.03.